The highest BCUT2D eigenvalue weighted by Crippen LogP contribution is 2.38. The first kappa shape index (κ1) is 9.41. The van der Waals surface area contributed by atoms with E-state index in [-0.39, 0.29) is 0 Å². The van der Waals surface area contributed by atoms with Crippen LogP contribution in [0.2, 0.25) is 0 Å². The van der Waals surface area contributed by atoms with Crippen LogP contribution in [0.25, 0.3) is 0 Å². The summed E-state index contributed by atoms with van der Waals surface area (Å²) in [7, 11) is 0. The Hall–Kier alpha value is -0.820. The average molecular weight is 201 g/mol. The van der Waals surface area contributed by atoms with Crippen LogP contribution >= 0.6 is 0 Å². The summed E-state index contributed by atoms with van der Waals surface area (Å²) in [4.78, 5) is 0. The van der Waals surface area contributed by atoms with E-state index in [0.717, 1.165) is 11.8 Å². The lowest BCUT2D eigenvalue weighted by atomic mass is 9.79. The van der Waals surface area contributed by atoms with Crippen LogP contribution in [0, 0.1) is 11.8 Å². The Labute approximate surface area is 91.7 Å². The van der Waals surface area contributed by atoms with Gasteiger partial charge in [0.25, 0.3) is 0 Å². The second-order valence-electron chi connectivity index (χ2n) is 5.19. The van der Waals surface area contributed by atoms with E-state index in [2.05, 4.69) is 24.3 Å². The fourth-order valence-electron chi connectivity index (χ4n) is 2.92. The highest BCUT2D eigenvalue weighted by molar-refractivity contribution is 5.30. The van der Waals surface area contributed by atoms with Gasteiger partial charge in [0.05, 0.1) is 0 Å². The van der Waals surface area contributed by atoms with Crippen LogP contribution in [-0.2, 0) is 12.8 Å². The molecule has 1 aromatic carbocycles. The van der Waals surface area contributed by atoms with Crippen molar-refractivity contribution in [3.63, 3.8) is 0 Å². The topological polar surface area (TPSA) is 26.0 Å². The highest BCUT2D eigenvalue weighted by atomic mass is 14.7. The van der Waals surface area contributed by atoms with Crippen molar-refractivity contribution < 1.29 is 0 Å². The van der Waals surface area contributed by atoms with E-state index in [0.29, 0.717) is 6.04 Å². The molecule has 2 aliphatic rings. The first-order valence-electron chi connectivity index (χ1n) is 6.17. The van der Waals surface area contributed by atoms with Gasteiger partial charge >= 0.3 is 0 Å². The molecule has 0 saturated heterocycles. The summed E-state index contributed by atoms with van der Waals surface area (Å²) in [5.74, 6) is 1.59. The number of benzene rings is 1. The average Bonchev–Trinajstić information content (AvgIpc) is 3.11. The lowest BCUT2D eigenvalue weighted by Crippen LogP contribution is -2.35. The highest BCUT2D eigenvalue weighted by Gasteiger charge is 2.35. The zero-order valence-corrected chi connectivity index (χ0v) is 9.15. The lowest BCUT2D eigenvalue weighted by Gasteiger charge is -2.29. The maximum atomic E-state index is 6.31. The molecule has 1 fully saturated rings. The van der Waals surface area contributed by atoms with Crippen molar-refractivity contribution in [1.82, 2.24) is 0 Å². The summed E-state index contributed by atoms with van der Waals surface area (Å²) < 4.78 is 0. The molecule has 15 heavy (non-hydrogen) atoms. The minimum Gasteiger partial charge on any atom is -0.327 e. The third kappa shape index (κ3) is 1.81. The summed E-state index contributed by atoms with van der Waals surface area (Å²) in [6, 6.07) is 9.33. The summed E-state index contributed by atoms with van der Waals surface area (Å²) >= 11 is 0. The van der Waals surface area contributed by atoms with Gasteiger partial charge in [-0.3, -0.25) is 0 Å². The van der Waals surface area contributed by atoms with E-state index in [9.17, 15) is 0 Å². The van der Waals surface area contributed by atoms with E-state index >= 15 is 0 Å². The van der Waals surface area contributed by atoms with Crippen molar-refractivity contribution in [2.45, 2.75) is 38.1 Å². The minimum atomic E-state index is 0.471. The van der Waals surface area contributed by atoms with Crippen LogP contribution in [0.15, 0.2) is 24.3 Å². The second-order valence-corrected chi connectivity index (χ2v) is 5.19. The molecule has 0 aromatic heterocycles. The van der Waals surface area contributed by atoms with Crippen molar-refractivity contribution in [3.8, 4) is 0 Å². The van der Waals surface area contributed by atoms with E-state index in [1.54, 1.807) is 11.1 Å². The molecule has 0 aliphatic heterocycles. The SMILES string of the molecule is NC(C1CC1)C1CCc2ccccc2C1. The normalized spacial score (nSPS) is 27.1. The van der Waals surface area contributed by atoms with Crippen molar-refractivity contribution in [2.75, 3.05) is 0 Å². The molecule has 0 amide bonds. The molecule has 1 saturated carbocycles. The van der Waals surface area contributed by atoms with Gasteiger partial charge in [0.1, 0.15) is 0 Å². The number of rotatable bonds is 2. The molecule has 2 aliphatic carbocycles. The fourth-order valence-corrected chi connectivity index (χ4v) is 2.92. The van der Waals surface area contributed by atoms with Gasteiger partial charge in [-0.25, -0.2) is 0 Å². The van der Waals surface area contributed by atoms with Crippen LogP contribution in [0.5, 0.6) is 0 Å². The number of nitrogens with two attached hydrogens (primary N) is 1. The van der Waals surface area contributed by atoms with E-state index in [1.807, 2.05) is 0 Å². The van der Waals surface area contributed by atoms with Gasteiger partial charge in [0.15, 0.2) is 0 Å². The van der Waals surface area contributed by atoms with Crippen LogP contribution in [0.3, 0.4) is 0 Å². The molecular weight excluding hydrogens is 182 g/mol. The first-order valence-corrected chi connectivity index (χ1v) is 6.17. The van der Waals surface area contributed by atoms with E-state index in [4.69, 9.17) is 5.73 Å². The molecular formula is C14H19N. The minimum absolute atomic E-state index is 0.471. The zero-order valence-electron chi connectivity index (χ0n) is 9.15. The van der Waals surface area contributed by atoms with Crippen LogP contribution in [-0.4, -0.2) is 6.04 Å². The Balaban J connectivity index is 1.76. The Morgan fingerprint density at radius 1 is 1.00 bits per heavy atom. The van der Waals surface area contributed by atoms with Gasteiger partial charge in [-0.2, -0.15) is 0 Å². The zero-order chi connectivity index (χ0) is 10.3. The van der Waals surface area contributed by atoms with Crippen molar-refractivity contribution in [2.24, 2.45) is 17.6 Å². The molecule has 2 N–H and O–H groups in total. The molecule has 0 spiro atoms. The molecule has 1 nitrogen and oxygen atoms in total. The number of hydrogen-bond donors (Lipinski definition) is 1. The Bertz CT molecular complexity index is 354. The van der Waals surface area contributed by atoms with Gasteiger partial charge in [0.2, 0.25) is 0 Å². The lowest BCUT2D eigenvalue weighted by molar-refractivity contribution is 0.346. The number of aryl methyl sites for hydroxylation is 1. The van der Waals surface area contributed by atoms with Gasteiger partial charge < -0.3 is 5.73 Å². The Morgan fingerprint density at radius 2 is 1.73 bits per heavy atom. The first-order chi connectivity index (χ1) is 7.34. The molecule has 0 bridgehead atoms. The predicted molar refractivity (Wildman–Crippen MR) is 62.7 cm³/mol. The summed E-state index contributed by atoms with van der Waals surface area (Å²) in [6.45, 7) is 0. The summed E-state index contributed by atoms with van der Waals surface area (Å²) in [6.07, 6.45) is 6.50. The third-order valence-corrected chi connectivity index (χ3v) is 4.10. The van der Waals surface area contributed by atoms with E-state index < -0.39 is 0 Å². The van der Waals surface area contributed by atoms with Crippen LogP contribution in [0.1, 0.15) is 30.4 Å². The maximum absolute atomic E-state index is 6.31. The summed E-state index contributed by atoms with van der Waals surface area (Å²) in [5.41, 5.74) is 9.41. The smallest absolute Gasteiger partial charge is 0.00989 e. The van der Waals surface area contributed by atoms with Gasteiger partial charge in [0, 0.05) is 6.04 Å². The van der Waals surface area contributed by atoms with Crippen LogP contribution in [0.4, 0.5) is 0 Å². The predicted octanol–water partition coefficient (Wildman–Crippen LogP) is 2.53. The maximum Gasteiger partial charge on any atom is 0.00989 e. The molecule has 80 valence electrons. The van der Waals surface area contributed by atoms with Gasteiger partial charge in [-0.15, -0.1) is 0 Å². The Morgan fingerprint density at radius 3 is 2.47 bits per heavy atom. The van der Waals surface area contributed by atoms with Crippen LogP contribution < -0.4 is 5.73 Å². The van der Waals surface area contributed by atoms with Crippen molar-refractivity contribution in [3.05, 3.63) is 35.4 Å². The largest absolute Gasteiger partial charge is 0.327 e. The molecule has 3 rings (SSSR count). The van der Waals surface area contributed by atoms with Crippen molar-refractivity contribution >= 4 is 0 Å². The standard InChI is InChI=1S/C14H19N/c15-14(11-6-7-11)13-8-5-10-3-1-2-4-12(10)9-13/h1-4,11,13-14H,5-9,15H2. The number of fused-ring (bicyclic) bond motifs is 1. The summed E-state index contributed by atoms with van der Waals surface area (Å²) in [5, 5.41) is 0. The van der Waals surface area contributed by atoms with Gasteiger partial charge in [-0.1, -0.05) is 24.3 Å². The molecule has 0 heterocycles. The van der Waals surface area contributed by atoms with Gasteiger partial charge in [-0.05, 0) is 55.1 Å². The third-order valence-electron chi connectivity index (χ3n) is 4.10. The molecule has 1 aromatic rings. The molecule has 0 radical (unpaired) electrons. The van der Waals surface area contributed by atoms with E-state index in [1.165, 1.54) is 32.1 Å². The molecule has 2 unspecified atom stereocenters. The number of hydrogen-bond acceptors (Lipinski definition) is 1. The molecule has 1 heteroatoms. The Kier molecular flexibility index (Phi) is 2.28. The quantitative estimate of drug-likeness (QED) is 0.781. The van der Waals surface area contributed by atoms with Crippen molar-refractivity contribution in [1.29, 1.82) is 0 Å². The molecule has 2 atom stereocenters. The fraction of sp³-hybridized carbons (Fsp3) is 0.571. The monoisotopic (exact) mass is 201 g/mol. The second kappa shape index (κ2) is 3.64.